The Morgan fingerprint density at radius 2 is 2.16 bits per heavy atom. The summed E-state index contributed by atoms with van der Waals surface area (Å²) in [5.41, 5.74) is 2.06. The van der Waals surface area contributed by atoms with Crippen molar-refractivity contribution in [3.05, 3.63) is 46.9 Å². The first-order valence-corrected chi connectivity index (χ1v) is 6.48. The number of aromatic nitrogens is 2. The third kappa shape index (κ3) is 3.35. The highest BCUT2D eigenvalue weighted by Gasteiger charge is 2.07. The molecule has 0 aliphatic rings. The van der Waals surface area contributed by atoms with Gasteiger partial charge in [0.25, 0.3) is 0 Å². The van der Waals surface area contributed by atoms with Crippen molar-refractivity contribution in [2.24, 2.45) is 0 Å². The second-order valence-corrected chi connectivity index (χ2v) is 4.41. The Bertz CT molecular complexity index is 560. The van der Waals surface area contributed by atoms with Crippen molar-refractivity contribution in [2.75, 3.05) is 12.4 Å². The van der Waals surface area contributed by atoms with E-state index >= 15 is 0 Å². The summed E-state index contributed by atoms with van der Waals surface area (Å²) >= 11 is 6.05. The van der Waals surface area contributed by atoms with Gasteiger partial charge in [0.1, 0.15) is 23.0 Å². The number of benzene rings is 1. The Balaban J connectivity index is 2.12. The molecule has 2 rings (SSSR count). The topological polar surface area (TPSA) is 47.0 Å². The molecule has 0 saturated carbocycles. The molecule has 1 aromatic carbocycles. The van der Waals surface area contributed by atoms with Crippen molar-refractivity contribution < 1.29 is 4.74 Å². The Morgan fingerprint density at radius 3 is 2.89 bits per heavy atom. The largest absolute Gasteiger partial charge is 0.497 e. The van der Waals surface area contributed by atoms with E-state index in [0.717, 1.165) is 29.1 Å². The van der Waals surface area contributed by atoms with Gasteiger partial charge in [0, 0.05) is 12.1 Å². The third-order valence-electron chi connectivity index (χ3n) is 2.84. The van der Waals surface area contributed by atoms with Crippen LogP contribution in [0.25, 0.3) is 0 Å². The molecule has 4 nitrogen and oxygen atoms in total. The SMILES string of the molecule is CCc1c(Cl)ncnc1NCc1cccc(OC)c1. The van der Waals surface area contributed by atoms with Gasteiger partial charge >= 0.3 is 0 Å². The number of ether oxygens (including phenoxy) is 1. The molecule has 0 radical (unpaired) electrons. The predicted molar refractivity (Wildman–Crippen MR) is 76.7 cm³/mol. The van der Waals surface area contributed by atoms with Crippen molar-refractivity contribution in [3.63, 3.8) is 0 Å². The van der Waals surface area contributed by atoms with Gasteiger partial charge < -0.3 is 10.1 Å². The van der Waals surface area contributed by atoms with Crippen molar-refractivity contribution in [1.82, 2.24) is 9.97 Å². The van der Waals surface area contributed by atoms with Crippen LogP contribution in [-0.4, -0.2) is 17.1 Å². The quantitative estimate of drug-likeness (QED) is 0.852. The molecule has 0 aliphatic carbocycles. The number of hydrogen-bond donors (Lipinski definition) is 1. The molecule has 100 valence electrons. The van der Waals surface area contributed by atoms with Crippen LogP contribution in [0.1, 0.15) is 18.1 Å². The van der Waals surface area contributed by atoms with E-state index in [4.69, 9.17) is 16.3 Å². The molecular weight excluding hydrogens is 262 g/mol. The average Bonchev–Trinajstić information content (AvgIpc) is 2.45. The Labute approximate surface area is 117 Å². The molecule has 0 amide bonds. The zero-order valence-corrected chi connectivity index (χ0v) is 11.7. The van der Waals surface area contributed by atoms with E-state index in [1.54, 1.807) is 7.11 Å². The molecule has 0 spiro atoms. The summed E-state index contributed by atoms with van der Waals surface area (Å²) < 4.78 is 5.20. The molecule has 0 saturated heterocycles. The standard InChI is InChI=1S/C14H16ClN3O/c1-3-12-13(15)17-9-18-14(12)16-8-10-5-4-6-11(7-10)19-2/h4-7,9H,3,8H2,1-2H3,(H,16,17,18). The highest BCUT2D eigenvalue weighted by Crippen LogP contribution is 2.21. The van der Waals surface area contributed by atoms with Gasteiger partial charge in [0.05, 0.1) is 7.11 Å². The molecular formula is C14H16ClN3O. The summed E-state index contributed by atoms with van der Waals surface area (Å²) in [5, 5.41) is 3.79. The lowest BCUT2D eigenvalue weighted by Crippen LogP contribution is -2.05. The van der Waals surface area contributed by atoms with Crippen LogP contribution in [0.5, 0.6) is 5.75 Å². The molecule has 0 unspecified atom stereocenters. The van der Waals surface area contributed by atoms with E-state index in [1.807, 2.05) is 31.2 Å². The van der Waals surface area contributed by atoms with Crippen LogP contribution in [-0.2, 0) is 13.0 Å². The average molecular weight is 278 g/mol. The minimum Gasteiger partial charge on any atom is -0.497 e. The summed E-state index contributed by atoms with van der Waals surface area (Å²) in [6.07, 6.45) is 2.26. The number of halogens is 1. The van der Waals surface area contributed by atoms with Crippen LogP contribution >= 0.6 is 11.6 Å². The summed E-state index contributed by atoms with van der Waals surface area (Å²) in [5.74, 6) is 1.63. The van der Waals surface area contributed by atoms with Crippen molar-refractivity contribution >= 4 is 17.4 Å². The Kier molecular flexibility index (Phi) is 4.58. The number of anilines is 1. The lowest BCUT2D eigenvalue weighted by atomic mass is 10.2. The fourth-order valence-electron chi connectivity index (χ4n) is 1.82. The van der Waals surface area contributed by atoms with Gasteiger partial charge in [0.2, 0.25) is 0 Å². The molecule has 1 N–H and O–H groups in total. The molecule has 0 fully saturated rings. The predicted octanol–water partition coefficient (Wildman–Crippen LogP) is 3.31. The monoisotopic (exact) mass is 277 g/mol. The number of rotatable bonds is 5. The van der Waals surface area contributed by atoms with Crippen LogP contribution in [0.4, 0.5) is 5.82 Å². The summed E-state index contributed by atoms with van der Waals surface area (Å²) in [6, 6.07) is 7.90. The highest BCUT2D eigenvalue weighted by atomic mass is 35.5. The van der Waals surface area contributed by atoms with Gasteiger partial charge in [-0.15, -0.1) is 0 Å². The molecule has 0 bridgehead atoms. The molecule has 1 heterocycles. The summed E-state index contributed by atoms with van der Waals surface area (Å²) in [4.78, 5) is 8.22. The van der Waals surface area contributed by atoms with Crippen LogP contribution in [0.2, 0.25) is 5.15 Å². The van der Waals surface area contributed by atoms with Gasteiger partial charge in [-0.1, -0.05) is 30.7 Å². The van der Waals surface area contributed by atoms with E-state index in [2.05, 4.69) is 15.3 Å². The van der Waals surface area contributed by atoms with Gasteiger partial charge in [-0.25, -0.2) is 9.97 Å². The van der Waals surface area contributed by atoms with Crippen LogP contribution < -0.4 is 10.1 Å². The normalized spacial score (nSPS) is 10.3. The second-order valence-electron chi connectivity index (χ2n) is 4.05. The van der Waals surface area contributed by atoms with E-state index in [9.17, 15) is 0 Å². The molecule has 1 aromatic heterocycles. The molecule has 2 aromatic rings. The van der Waals surface area contributed by atoms with Gasteiger partial charge in [-0.05, 0) is 24.1 Å². The van der Waals surface area contributed by atoms with E-state index in [1.165, 1.54) is 6.33 Å². The fourth-order valence-corrected chi connectivity index (χ4v) is 2.09. The lowest BCUT2D eigenvalue weighted by Gasteiger charge is -2.11. The smallest absolute Gasteiger partial charge is 0.137 e. The maximum Gasteiger partial charge on any atom is 0.137 e. The zero-order valence-electron chi connectivity index (χ0n) is 11.0. The molecule has 0 aliphatic heterocycles. The van der Waals surface area contributed by atoms with Crippen LogP contribution in [0, 0.1) is 0 Å². The van der Waals surface area contributed by atoms with Gasteiger partial charge in [-0.3, -0.25) is 0 Å². The maximum absolute atomic E-state index is 6.05. The van der Waals surface area contributed by atoms with Crippen LogP contribution in [0.15, 0.2) is 30.6 Å². The van der Waals surface area contributed by atoms with E-state index in [-0.39, 0.29) is 0 Å². The van der Waals surface area contributed by atoms with Crippen molar-refractivity contribution in [3.8, 4) is 5.75 Å². The number of methoxy groups -OCH3 is 1. The molecule has 0 atom stereocenters. The third-order valence-corrected chi connectivity index (χ3v) is 3.17. The van der Waals surface area contributed by atoms with Gasteiger partial charge in [0.15, 0.2) is 0 Å². The Morgan fingerprint density at radius 1 is 1.32 bits per heavy atom. The zero-order chi connectivity index (χ0) is 13.7. The Hall–Kier alpha value is -1.81. The minimum absolute atomic E-state index is 0.505. The second kappa shape index (κ2) is 6.38. The minimum atomic E-state index is 0.505. The molecule has 19 heavy (non-hydrogen) atoms. The van der Waals surface area contributed by atoms with Crippen molar-refractivity contribution in [2.45, 2.75) is 19.9 Å². The highest BCUT2D eigenvalue weighted by molar-refractivity contribution is 6.30. The number of nitrogens with zero attached hydrogens (tertiary/aromatic N) is 2. The molecule has 5 heteroatoms. The fraction of sp³-hybridized carbons (Fsp3) is 0.286. The summed E-state index contributed by atoms with van der Waals surface area (Å²) in [6.45, 7) is 2.69. The number of hydrogen-bond acceptors (Lipinski definition) is 4. The maximum atomic E-state index is 6.05. The van der Waals surface area contributed by atoms with Gasteiger partial charge in [-0.2, -0.15) is 0 Å². The lowest BCUT2D eigenvalue weighted by molar-refractivity contribution is 0.414. The first kappa shape index (κ1) is 13.6. The summed E-state index contributed by atoms with van der Waals surface area (Å²) in [7, 11) is 1.66. The number of nitrogens with one attached hydrogen (secondary N) is 1. The van der Waals surface area contributed by atoms with Crippen LogP contribution in [0.3, 0.4) is 0 Å². The van der Waals surface area contributed by atoms with Crippen molar-refractivity contribution in [1.29, 1.82) is 0 Å². The van der Waals surface area contributed by atoms with E-state index < -0.39 is 0 Å². The first-order chi connectivity index (χ1) is 9.24. The first-order valence-electron chi connectivity index (χ1n) is 6.10. The van der Waals surface area contributed by atoms with E-state index in [0.29, 0.717) is 11.7 Å².